The number of rotatable bonds is 28. The first-order valence-corrected chi connectivity index (χ1v) is 29.4. The van der Waals surface area contributed by atoms with Gasteiger partial charge < -0.3 is 66.7 Å². The number of aromatic nitrogens is 12. The number of anilines is 3. The maximum Gasteiger partial charge on any atom is 0.472 e. The van der Waals surface area contributed by atoms with E-state index in [-0.39, 0.29) is 76.2 Å². The number of fused-ring (bicyclic) bond motifs is 3. The van der Waals surface area contributed by atoms with Gasteiger partial charge in [-0.3, -0.25) is 32.1 Å². The topological polar surface area (TPSA) is 449 Å². The highest BCUT2D eigenvalue weighted by Crippen LogP contribution is 2.54. The van der Waals surface area contributed by atoms with Crippen LogP contribution >= 0.6 is 15.6 Å². The smallest absolute Gasteiger partial charge is 0.387 e. The molecule has 0 aromatic carbocycles. The zero-order valence-electron chi connectivity index (χ0n) is 43.3. The van der Waals surface area contributed by atoms with Gasteiger partial charge in [0.2, 0.25) is 5.91 Å². The number of aliphatic hydroxyl groups excluding tert-OH is 3. The van der Waals surface area contributed by atoms with E-state index in [1.54, 1.807) is 0 Å². The lowest BCUT2D eigenvalue weighted by Crippen LogP contribution is -2.49. The van der Waals surface area contributed by atoms with E-state index >= 15 is 0 Å². The summed E-state index contributed by atoms with van der Waals surface area (Å²) < 4.78 is 66.8. The Morgan fingerprint density at radius 1 is 0.671 bits per heavy atom. The molecule has 0 spiro atoms. The van der Waals surface area contributed by atoms with Crippen molar-refractivity contribution in [2.75, 3.05) is 30.4 Å². The molecule has 33 heteroatoms. The number of ether oxygens (including phenoxy) is 3. The highest BCUT2D eigenvalue weighted by atomic mass is 31.2. The molecule has 12 atom stereocenters. The van der Waals surface area contributed by atoms with Crippen LogP contribution in [0.1, 0.15) is 122 Å². The summed E-state index contributed by atoms with van der Waals surface area (Å²) in [5.74, 6) is -0.374. The lowest BCUT2D eigenvalue weighted by Gasteiger charge is -2.37. The van der Waals surface area contributed by atoms with Crippen LogP contribution in [0.2, 0.25) is 0 Å². The van der Waals surface area contributed by atoms with Gasteiger partial charge in [-0.05, 0) is 6.42 Å². The van der Waals surface area contributed by atoms with E-state index in [4.69, 9.17) is 45.0 Å². The minimum Gasteiger partial charge on any atom is -0.387 e. The van der Waals surface area contributed by atoms with Crippen LogP contribution in [0.15, 0.2) is 38.0 Å². The van der Waals surface area contributed by atoms with Crippen LogP contribution in [0.5, 0.6) is 0 Å². The van der Waals surface area contributed by atoms with Crippen molar-refractivity contribution in [3.63, 3.8) is 0 Å². The molecule has 1 amide bonds. The molecule has 0 saturated carbocycles. The van der Waals surface area contributed by atoms with Gasteiger partial charge in [-0.15, -0.1) is 0 Å². The molecule has 3 aliphatic heterocycles. The Balaban J connectivity index is 0.925. The Kier molecular flexibility index (Phi) is 18.5. The van der Waals surface area contributed by atoms with E-state index in [1.165, 1.54) is 90.4 Å². The zero-order chi connectivity index (χ0) is 56.1. The first kappa shape index (κ1) is 58.2. The molecule has 9 rings (SSSR count). The third-order valence-electron chi connectivity index (χ3n) is 14.5. The van der Waals surface area contributed by atoms with Crippen LogP contribution in [-0.2, 0) is 47.4 Å². The second-order valence-corrected chi connectivity index (χ2v) is 22.7. The number of amides is 1. The Hall–Kier alpha value is -5.50. The molecular formula is C46H68N16O15P2. The Bertz CT molecular complexity index is 3130. The van der Waals surface area contributed by atoms with Crippen molar-refractivity contribution in [3.8, 4) is 0 Å². The van der Waals surface area contributed by atoms with E-state index < -0.39 is 95.7 Å². The first-order valence-electron chi connectivity index (χ1n) is 26.4. The fourth-order valence-electron chi connectivity index (χ4n) is 10.6. The van der Waals surface area contributed by atoms with Crippen molar-refractivity contribution >= 4 is 72.5 Å². The van der Waals surface area contributed by atoms with E-state index in [0.717, 1.165) is 38.3 Å². The fraction of sp³-hybridized carbons (Fsp3) is 0.652. The lowest BCUT2D eigenvalue weighted by molar-refractivity contribution is -0.164. The number of nitrogens with two attached hydrogens (primary N) is 3. The average molecular weight is 1150 g/mol. The normalized spacial score (nSPS) is 27.2. The molecule has 3 aliphatic rings. The van der Waals surface area contributed by atoms with Crippen molar-refractivity contribution in [1.82, 2.24) is 63.9 Å². The molecule has 0 bridgehead atoms. The number of nitrogens with zero attached hydrogens (tertiary/aromatic N) is 12. The number of nitrogen functional groups attached to an aromatic ring is 3. The van der Waals surface area contributed by atoms with Gasteiger partial charge in [0, 0.05) is 25.8 Å². The predicted molar refractivity (Wildman–Crippen MR) is 278 cm³/mol. The number of nitrogens with one attached hydrogen (secondary N) is 1. The van der Waals surface area contributed by atoms with Crippen LogP contribution in [0.25, 0.3) is 33.5 Å². The molecule has 79 heavy (non-hydrogen) atoms. The third-order valence-corrected chi connectivity index (χ3v) is 16.0. The van der Waals surface area contributed by atoms with Crippen molar-refractivity contribution < 1.29 is 71.7 Å². The standard InChI is InChI=1S/C46H68N16O15P2/c1-2-3-4-5-6-7-8-9-10-11-12-13-14-15-30(63)50-18-28-35(65)37(77-78(67,68)69)46(75-28,62-25-59-33-40(49)53-22-56-43(33)62)17-26-16-27(44(73-26)60-23-57-31-38(47)51-20-54-41(31)60)76-79(70,71)72-19-29-34(64)36(66)45(74-29)61-24-58-32-39(48)52-21-55-42(32)61/h20-29,34-37,44-45,64-66H,2-19H2,1H3,(H,50,63)(H,70,71)(H2,47,51,54)(H2,48,52,55)(H2,49,53,56)(H2,67,68,69). The van der Waals surface area contributed by atoms with E-state index in [1.807, 2.05) is 0 Å². The third kappa shape index (κ3) is 13.2. The van der Waals surface area contributed by atoms with E-state index in [9.17, 15) is 43.9 Å². The number of carbonyl (C=O) groups is 1. The SMILES string of the molecule is CCCCCCCCCCCCCCCC(=O)NCC1OC(CC2CC(OP(=O)(O)OCC3OC(n4cnc5c(N)ncnc54)C(O)C3O)C(n3cnc4c(N)ncnc43)O2)(n2cnc3c(N)ncnc32)C(OP(=O)(O)O)C1O. The quantitative estimate of drug-likeness (QED) is 0.0249. The van der Waals surface area contributed by atoms with Gasteiger partial charge in [0.1, 0.15) is 78.3 Å². The number of carbonyl (C=O) groups excluding carboxylic acids is 1. The van der Waals surface area contributed by atoms with Crippen molar-refractivity contribution in [3.05, 3.63) is 38.0 Å². The Morgan fingerprint density at radius 3 is 1.78 bits per heavy atom. The zero-order valence-corrected chi connectivity index (χ0v) is 45.1. The monoisotopic (exact) mass is 1150 g/mol. The summed E-state index contributed by atoms with van der Waals surface area (Å²) in [6, 6.07) is 0. The van der Waals surface area contributed by atoms with E-state index in [2.05, 4.69) is 57.1 Å². The van der Waals surface area contributed by atoms with Gasteiger partial charge in [-0.25, -0.2) is 54.0 Å². The number of aliphatic hydroxyl groups is 3. The average Bonchev–Trinajstić information content (AvgIpc) is 3.73. The van der Waals surface area contributed by atoms with Crippen LogP contribution in [0.3, 0.4) is 0 Å². The van der Waals surface area contributed by atoms with Gasteiger partial charge >= 0.3 is 15.6 Å². The van der Waals surface area contributed by atoms with Gasteiger partial charge in [-0.1, -0.05) is 84.0 Å². The van der Waals surface area contributed by atoms with Gasteiger partial charge in [0.15, 0.2) is 52.6 Å². The molecular weight excluding hydrogens is 1080 g/mol. The Morgan fingerprint density at radius 2 is 1.20 bits per heavy atom. The summed E-state index contributed by atoms with van der Waals surface area (Å²) >= 11 is 0. The summed E-state index contributed by atoms with van der Waals surface area (Å²) in [6.07, 6.45) is 6.05. The molecule has 31 nitrogen and oxygen atoms in total. The summed E-state index contributed by atoms with van der Waals surface area (Å²) in [7, 11) is -10.7. The number of phosphoric ester groups is 2. The molecule has 13 N–H and O–H groups in total. The molecule has 432 valence electrons. The minimum atomic E-state index is -5.50. The predicted octanol–water partition coefficient (Wildman–Crippen LogP) is 2.54. The van der Waals surface area contributed by atoms with Crippen molar-refractivity contribution in [1.29, 1.82) is 0 Å². The largest absolute Gasteiger partial charge is 0.472 e. The number of phosphoric acid groups is 2. The van der Waals surface area contributed by atoms with Crippen LogP contribution in [-0.4, -0.2) is 156 Å². The fourth-order valence-corrected chi connectivity index (χ4v) is 12.1. The summed E-state index contributed by atoms with van der Waals surface area (Å²) in [4.78, 5) is 83.0. The summed E-state index contributed by atoms with van der Waals surface area (Å²) in [5, 5.41) is 36.9. The Labute approximate surface area is 451 Å². The molecule has 6 aromatic rings. The minimum absolute atomic E-state index is 0.0115. The maximum atomic E-state index is 14.1. The number of hydrogen-bond acceptors (Lipinski definition) is 24. The van der Waals surface area contributed by atoms with Crippen molar-refractivity contribution in [2.45, 2.75) is 177 Å². The molecule has 3 saturated heterocycles. The lowest BCUT2D eigenvalue weighted by atomic mass is 9.94. The second kappa shape index (κ2) is 25.1. The van der Waals surface area contributed by atoms with Gasteiger partial charge in [-0.2, -0.15) is 0 Å². The molecule has 0 radical (unpaired) electrons. The molecule has 0 aliphatic carbocycles. The summed E-state index contributed by atoms with van der Waals surface area (Å²) in [5.41, 5.74) is 16.7. The molecule has 3 fully saturated rings. The molecule has 12 unspecified atom stereocenters. The van der Waals surface area contributed by atoms with Crippen molar-refractivity contribution in [2.24, 2.45) is 0 Å². The maximum absolute atomic E-state index is 14.1. The van der Waals surface area contributed by atoms with Gasteiger partial charge in [0.05, 0.1) is 31.7 Å². The van der Waals surface area contributed by atoms with Crippen LogP contribution < -0.4 is 22.5 Å². The second-order valence-electron chi connectivity index (χ2n) is 20.1. The first-order chi connectivity index (χ1) is 37.9. The molecule has 9 heterocycles. The van der Waals surface area contributed by atoms with E-state index in [0.29, 0.717) is 6.42 Å². The van der Waals surface area contributed by atoms with Crippen LogP contribution in [0.4, 0.5) is 17.5 Å². The van der Waals surface area contributed by atoms with Crippen LogP contribution in [0, 0.1) is 0 Å². The number of unbranched alkanes of at least 4 members (excludes halogenated alkanes) is 12. The highest BCUT2D eigenvalue weighted by molar-refractivity contribution is 7.47. The number of hydrogen-bond donors (Lipinski definition) is 10. The van der Waals surface area contributed by atoms with Gasteiger partial charge in [0.25, 0.3) is 0 Å². The number of imidazole rings is 3. The highest BCUT2D eigenvalue weighted by Gasteiger charge is 2.61. The summed E-state index contributed by atoms with van der Waals surface area (Å²) in [6.45, 7) is 1.08. The molecule has 6 aromatic heterocycles.